The Morgan fingerprint density at radius 2 is 2.00 bits per heavy atom. The van der Waals surface area contributed by atoms with Gasteiger partial charge in [-0.1, -0.05) is 26.0 Å². The van der Waals surface area contributed by atoms with Crippen molar-refractivity contribution < 1.29 is 13.0 Å². The van der Waals surface area contributed by atoms with E-state index in [1.54, 1.807) is 19.3 Å². The Kier molecular flexibility index (Phi) is 10.5. The third-order valence-electron chi connectivity index (χ3n) is 3.20. The minimum absolute atomic E-state index is 0.392. The molecule has 0 aliphatic rings. The first-order valence-corrected chi connectivity index (χ1v) is 9.86. The number of halogens is 2. The lowest BCUT2D eigenvalue weighted by Gasteiger charge is -1.95. The van der Waals surface area contributed by atoms with Crippen molar-refractivity contribution in [2.24, 2.45) is 0 Å². The van der Waals surface area contributed by atoms with Crippen LogP contribution >= 0.6 is 0 Å². The van der Waals surface area contributed by atoms with Gasteiger partial charge in [-0.05, 0) is 31.5 Å². The molecule has 8 heteroatoms. The lowest BCUT2D eigenvalue weighted by Crippen LogP contribution is -1.94. The number of hydrogen-bond donors (Lipinski definition) is 2. The van der Waals surface area contributed by atoms with Gasteiger partial charge in [-0.25, -0.2) is 13.8 Å². The molecule has 0 aliphatic carbocycles. The van der Waals surface area contributed by atoms with Crippen molar-refractivity contribution in [1.29, 1.82) is 0 Å². The van der Waals surface area contributed by atoms with Crippen molar-refractivity contribution in [2.75, 3.05) is 5.75 Å². The second-order valence-corrected chi connectivity index (χ2v) is 6.45. The molecule has 0 amide bonds. The van der Waals surface area contributed by atoms with Crippen LogP contribution in [-0.4, -0.2) is 30.1 Å². The summed E-state index contributed by atoms with van der Waals surface area (Å²) in [6.45, 7) is 5.62. The number of hydrogen-bond acceptors (Lipinski definition) is 3. The van der Waals surface area contributed by atoms with Gasteiger partial charge < -0.3 is 4.98 Å². The Hall–Kier alpha value is -2.61. The normalized spacial score (nSPS) is 11.9. The van der Waals surface area contributed by atoms with Crippen molar-refractivity contribution in [3.8, 4) is 11.4 Å². The molecule has 3 aromatic heterocycles. The topological polar surface area (TPSA) is 74.4 Å². The number of H-pyrrole nitrogens is 2. The summed E-state index contributed by atoms with van der Waals surface area (Å²) >= 11 is 0. The number of pyridine rings is 1. The van der Waals surface area contributed by atoms with Crippen LogP contribution in [0.3, 0.4) is 0 Å². The predicted octanol–water partition coefficient (Wildman–Crippen LogP) is 5.45. The Morgan fingerprint density at radius 1 is 1.26 bits per heavy atom. The number of aromatic amines is 2. The van der Waals surface area contributed by atoms with Crippen LogP contribution in [0.5, 0.6) is 0 Å². The molecule has 1 unspecified atom stereocenters. The summed E-state index contributed by atoms with van der Waals surface area (Å²) in [6, 6.07) is 5.58. The molecule has 2 N–H and O–H groups in total. The van der Waals surface area contributed by atoms with Crippen molar-refractivity contribution in [2.45, 2.75) is 32.1 Å². The van der Waals surface area contributed by atoms with Crippen LogP contribution in [0.15, 0.2) is 60.3 Å². The van der Waals surface area contributed by atoms with Crippen molar-refractivity contribution in [3.63, 3.8) is 0 Å². The Labute approximate surface area is 160 Å². The van der Waals surface area contributed by atoms with E-state index in [0.29, 0.717) is 35.4 Å². The number of nitrogens with one attached hydrogen (secondary N) is 2. The summed E-state index contributed by atoms with van der Waals surface area (Å²) in [5, 5.41) is 7.96. The molecule has 5 nitrogen and oxygen atoms in total. The zero-order chi connectivity index (χ0) is 20.1. The third kappa shape index (κ3) is 6.56. The second-order valence-electron chi connectivity index (χ2n) is 4.88. The molecular formula is C19H24F2N4OS. The third-order valence-corrected chi connectivity index (χ3v) is 4.57. The van der Waals surface area contributed by atoms with E-state index in [-0.39, 0.29) is 0 Å². The number of rotatable bonds is 5. The molecule has 0 spiro atoms. The molecule has 1 atom stereocenters. The second kappa shape index (κ2) is 12.7. The Morgan fingerprint density at radius 3 is 2.67 bits per heavy atom. The van der Waals surface area contributed by atoms with E-state index in [1.165, 1.54) is 12.2 Å². The molecule has 0 saturated heterocycles. The molecule has 0 aliphatic heterocycles. The largest absolute Gasteiger partial charge is 0.359 e. The maximum absolute atomic E-state index is 12.1. The average molecular weight is 394 g/mol. The van der Waals surface area contributed by atoms with Gasteiger partial charge in [-0.2, -0.15) is 5.10 Å². The molecule has 0 saturated carbocycles. The van der Waals surface area contributed by atoms with E-state index < -0.39 is 10.8 Å². The van der Waals surface area contributed by atoms with E-state index in [0.717, 1.165) is 16.8 Å². The minimum atomic E-state index is -1.16. The molecule has 27 heavy (non-hydrogen) atoms. The first-order valence-electron chi connectivity index (χ1n) is 8.54. The summed E-state index contributed by atoms with van der Waals surface area (Å²) in [6.07, 6.45) is 7.50. The van der Waals surface area contributed by atoms with E-state index in [1.807, 2.05) is 32.0 Å². The highest BCUT2D eigenvalue weighted by atomic mass is 32.2. The molecule has 3 heterocycles. The number of aromatic nitrogens is 4. The van der Waals surface area contributed by atoms with Crippen LogP contribution in [-0.2, 0) is 10.8 Å². The summed E-state index contributed by atoms with van der Waals surface area (Å²) in [4.78, 5) is 7.93. The van der Waals surface area contributed by atoms with E-state index in [9.17, 15) is 13.0 Å². The Balaban J connectivity index is 0.000000541. The van der Waals surface area contributed by atoms with Gasteiger partial charge in [-0.3, -0.25) is 9.31 Å². The van der Waals surface area contributed by atoms with Gasteiger partial charge in [-0.15, -0.1) is 0 Å². The van der Waals surface area contributed by atoms with Crippen molar-refractivity contribution in [1.82, 2.24) is 20.2 Å². The van der Waals surface area contributed by atoms with Crippen molar-refractivity contribution in [3.05, 3.63) is 55.4 Å². The lowest BCUT2D eigenvalue weighted by atomic mass is 10.2. The molecule has 146 valence electrons. The fourth-order valence-corrected chi connectivity index (χ4v) is 3.09. The minimum Gasteiger partial charge on any atom is -0.359 e. The standard InChI is InChI=1S/C14H13FN4OS.C3H5F.C2H6/c15-5-1-2-7-21(20)10-8-12(17-9-10)13-11-4-3-6-16-14(11)19-18-13;1-2-3-4;1-2/h1,3-6,8-9,17H,2,7H2,(H,16,18,19);2-3H,1H3;1-2H3/b5-1+;3-2+;. The van der Waals surface area contributed by atoms with Crippen LogP contribution in [0.25, 0.3) is 22.4 Å². The molecule has 0 radical (unpaired) electrons. The zero-order valence-corrected chi connectivity index (χ0v) is 16.4. The fourth-order valence-electron chi connectivity index (χ4n) is 2.06. The summed E-state index contributed by atoms with van der Waals surface area (Å²) in [7, 11) is -1.16. The maximum Gasteiger partial charge on any atom is 0.181 e. The maximum atomic E-state index is 12.1. The van der Waals surface area contributed by atoms with Crippen LogP contribution in [0.2, 0.25) is 0 Å². The molecule has 3 aromatic rings. The van der Waals surface area contributed by atoms with Gasteiger partial charge in [0.1, 0.15) is 0 Å². The molecular weight excluding hydrogens is 370 g/mol. The van der Waals surface area contributed by atoms with Gasteiger partial charge >= 0.3 is 0 Å². The van der Waals surface area contributed by atoms with Gasteiger partial charge in [0.05, 0.1) is 39.7 Å². The van der Waals surface area contributed by atoms with Gasteiger partial charge in [0.2, 0.25) is 0 Å². The van der Waals surface area contributed by atoms with E-state index >= 15 is 0 Å². The number of allylic oxidation sites excluding steroid dienone is 2. The number of nitrogens with zero attached hydrogens (tertiary/aromatic N) is 2. The van der Waals surface area contributed by atoms with Crippen molar-refractivity contribution >= 4 is 21.8 Å². The van der Waals surface area contributed by atoms with Gasteiger partial charge in [0, 0.05) is 23.5 Å². The summed E-state index contributed by atoms with van der Waals surface area (Å²) in [5.74, 6) is 0.392. The first-order chi connectivity index (χ1) is 13.2. The summed E-state index contributed by atoms with van der Waals surface area (Å²) < 4.78 is 34.5. The molecule has 0 fully saturated rings. The van der Waals surface area contributed by atoms with Crippen LogP contribution in [0.4, 0.5) is 8.78 Å². The predicted molar refractivity (Wildman–Crippen MR) is 107 cm³/mol. The van der Waals surface area contributed by atoms with Crippen LogP contribution in [0, 0.1) is 0 Å². The fraction of sp³-hybridized carbons (Fsp3) is 0.263. The van der Waals surface area contributed by atoms with Crippen LogP contribution in [0.1, 0.15) is 27.2 Å². The quantitative estimate of drug-likeness (QED) is 0.604. The first kappa shape index (κ1) is 22.4. The highest BCUT2D eigenvalue weighted by molar-refractivity contribution is 7.85. The molecule has 0 bridgehead atoms. The van der Waals surface area contributed by atoms with E-state index in [2.05, 4.69) is 20.2 Å². The number of fused-ring (bicyclic) bond motifs is 1. The molecule has 3 rings (SSSR count). The Bertz CT molecular complexity index is 883. The smallest absolute Gasteiger partial charge is 0.181 e. The highest BCUT2D eigenvalue weighted by Gasteiger charge is 2.12. The average Bonchev–Trinajstić information content (AvgIpc) is 3.37. The monoisotopic (exact) mass is 394 g/mol. The highest BCUT2D eigenvalue weighted by Crippen LogP contribution is 2.25. The van der Waals surface area contributed by atoms with Gasteiger partial charge in [0.25, 0.3) is 0 Å². The lowest BCUT2D eigenvalue weighted by molar-refractivity contribution is 0.682. The molecule has 0 aromatic carbocycles. The van der Waals surface area contributed by atoms with Gasteiger partial charge in [0.15, 0.2) is 5.65 Å². The summed E-state index contributed by atoms with van der Waals surface area (Å²) in [5.41, 5.74) is 2.25. The van der Waals surface area contributed by atoms with Crippen LogP contribution < -0.4 is 0 Å². The zero-order valence-electron chi connectivity index (χ0n) is 15.6. The van der Waals surface area contributed by atoms with E-state index in [4.69, 9.17) is 0 Å². The SMILES string of the molecule is C/C=C/F.CC.O=S(CC/C=C/F)c1c[nH]c(-c2[nH]nc3ncccc23)c1.